The van der Waals surface area contributed by atoms with Gasteiger partial charge in [-0.25, -0.2) is 4.98 Å². The summed E-state index contributed by atoms with van der Waals surface area (Å²) in [5, 5.41) is 9.84. The molecule has 1 heterocycles. The second-order valence-electron chi connectivity index (χ2n) is 3.36. The number of benzene rings is 1. The first-order valence-electron chi connectivity index (χ1n) is 5.24. The predicted molar refractivity (Wildman–Crippen MR) is 69.7 cm³/mol. The number of hydrogen-bond acceptors (Lipinski definition) is 4. The highest BCUT2D eigenvalue weighted by molar-refractivity contribution is 7.19. The summed E-state index contributed by atoms with van der Waals surface area (Å²) in [7, 11) is 0. The highest BCUT2D eigenvalue weighted by atomic mass is 35.5. The van der Waals surface area contributed by atoms with Gasteiger partial charge >= 0.3 is 0 Å². The third kappa shape index (κ3) is 2.77. The van der Waals surface area contributed by atoms with E-state index in [1.54, 1.807) is 0 Å². The molecule has 0 aliphatic rings. The molecule has 0 fully saturated rings. The molecule has 0 bridgehead atoms. The molecule has 0 amide bonds. The van der Waals surface area contributed by atoms with Gasteiger partial charge in [-0.1, -0.05) is 23.7 Å². The molecule has 0 unspecified atom stereocenters. The largest absolute Gasteiger partial charge is 0.494 e. The van der Waals surface area contributed by atoms with E-state index < -0.39 is 0 Å². The first kappa shape index (κ1) is 12.4. The van der Waals surface area contributed by atoms with E-state index in [9.17, 15) is 0 Å². The predicted octanol–water partition coefficient (Wildman–Crippen LogP) is 3.35. The summed E-state index contributed by atoms with van der Waals surface area (Å²) in [6.07, 6.45) is 0. The van der Waals surface area contributed by atoms with Gasteiger partial charge in [0.15, 0.2) is 0 Å². The molecule has 90 valence electrons. The highest BCUT2D eigenvalue weighted by Crippen LogP contribution is 2.33. The molecule has 0 aliphatic heterocycles. The molecule has 1 aromatic heterocycles. The molecule has 1 N–H and O–H groups in total. The number of aliphatic hydroxyl groups is 1. The van der Waals surface area contributed by atoms with Crippen LogP contribution in [0.15, 0.2) is 24.3 Å². The zero-order valence-corrected chi connectivity index (χ0v) is 10.9. The van der Waals surface area contributed by atoms with Crippen molar-refractivity contribution in [3.63, 3.8) is 0 Å². The van der Waals surface area contributed by atoms with E-state index in [1.807, 2.05) is 31.2 Å². The van der Waals surface area contributed by atoms with Crippen molar-refractivity contribution >= 4 is 22.9 Å². The third-order valence-electron chi connectivity index (χ3n) is 2.19. The summed E-state index contributed by atoms with van der Waals surface area (Å²) >= 11 is 7.32. The van der Waals surface area contributed by atoms with E-state index in [4.69, 9.17) is 21.4 Å². The Labute approximate surface area is 109 Å². The van der Waals surface area contributed by atoms with Gasteiger partial charge in [-0.3, -0.25) is 0 Å². The van der Waals surface area contributed by atoms with Gasteiger partial charge in [0.2, 0.25) is 0 Å². The average molecular weight is 270 g/mol. The van der Waals surface area contributed by atoms with Crippen LogP contribution in [0.4, 0.5) is 0 Å². The second-order valence-corrected chi connectivity index (χ2v) is 4.96. The molecule has 0 spiro atoms. The molecule has 0 aliphatic carbocycles. The Morgan fingerprint density at radius 2 is 2.29 bits per heavy atom. The number of aliphatic hydroxyl groups excluding tert-OH is 1. The molecular weight excluding hydrogens is 258 g/mol. The van der Waals surface area contributed by atoms with E-state index in [-0.39, 0.29) is 6.61 Å². The van der Waals surface area contributed by atoms with Crippen molar-refractivity contribution in [2.75, 3.05) is 6.61 Å². The minimum absolute atomic E-state index is 0.138. The summed E-state index contributed by atoms with van der Waals surface area (Å²) in [5.74, 6) is 0.807. The van der Waals surface area contributed by atoms with Crippen LogP contribution >= 0.6 is 22.9 Å². The molecule has 2 rings (SSSR count). The Kier molecular flexibility index (Phi) is 3.99. The van der Waals surface area contributed by atoms with E-state index in [0.29, 0.717) is 16.6 Å². The summed E-state index contributed by atoms with van der Waals surface area (Å²) in [5.41, 5.74) is 1.47. The fourth-order valence-electron chi connectivity index (χ4n) is 1.44. The van der Waals surface area contributed by atoms with Crippen molar-refractivity contribution in [2.24, 2.45) is 0 Å². The Hall–Kier alpha value is -1.10. The van der Waals surface area contributed by atoms with Crippen LogP contribution in [0.2, 0.25) is 4.34 Å². The number of hydrogen-bond donors (Lipinski definition) is 1. The molecule has 17 heavy (non-hydrogen) atoms. The van der Waals surface area contributed by atoms with Gasteiger partial charge in [-0.15, -0.1) is 11.3 Å². The van der Waals surface area contributed by atoms with Crippen LogP contribution in [0.3, 0.4) is 0 Å². The molecular formula is C12H12ClNO2S. The van der Waals surface area contributed by atoms with E-state index in [1.165, 1.54) is 11.3 Å². The molecule has 0 radical (unpaired) electrons. The van der Waals surface area contributed by atoms with Gasteiger partial charge in [0, 0.05) is 5.56 Å². The van der Waals surface area contributed by atoms with Crippen molar-refractivity contribution in [2.45, 2.75) is 13.5 Å². The van der Waals surface area contributed by atoms with E-state index in [2.05, 4.69) is 4.98 Å². The van der Waals surface area contributed by atoms with Gasteiger partial charge in [0.25, 0.3) is 0 Å². The van der Waals surface area contributed by atoms with Gasteiger partial charge in [-0.05, 0) is 19.1 Å². The lowest BCUT2D eigenvalue weighted by atomic mass is 10.2. The van der Waals surface area contributed by atoms with Gasteiger partial charge in [0.1, 0.15) is 15.1 Å². The van der Waals surface area contributed by atoms with Crippen molar-refractivity contribution in [3.8, 4) is 16.3 Å². The van der Waals surface area contributed by atoms with Gasteiger partial charge in [0.05, 0.1) is 18.9 Å². The SMILES string of the molecule is CCOc1cccc(-c2nc(CO)c(Cl)s2)c1. The minimum Gasteiger partial charge on any atom is -0.494 e. The fraction of sp³-hybridized carbons (Fsp3) is 0.250. The van der Waals surface area contributed by atoms with E-state index in [0.717, 1.165) is 16.3 Å². The topological polar surface area (TPSA) is 42.4 Å². The maximum atomic E-state index is 9.05. The van der Waals surface area contributed by atoms with Crippen LogP contribution in [0.25, 0.3) is 10.6 Å². The fourth-order valence-corrected chi connectivity index (χ4v) is 2.56. The lowest BCUT2D eigenvalue weighted by molar-refractivity contribution is 0.278. The summed E-state index contributed by atoms with van der Waals surface area (Å²) < 4.78 is 5.96. The lowest BCUT2D eigenvalue weighted by Gasteiger charge is -2.03. The number of rotatable bonds is 4. The van der Waals surface area contributed by atoms with Crippen molar-refractivity contribution < 1.29 is 9.84 Å². The smallest absolute Gasteiger partial charge is 0.125 e. The molecule has 0 saturated carbocycles. The van der Waals surface area contributed by atoms with Crippen LogP contribution in [0.5, 0.6) is 5.75 Å². The van der Waals surface area contributed by atoms with Crippen LogP contribution < -0.4 is 4.74 Å². The summed E-state index contributed by atoms with van der Waals surface area (Å²) in [6, 6.07) is 7.67. The lowest BCUT2D eigenvalue weighted by Crippen LogP contribution is -1.91. The molecule has 2 aromatic rings. The Morgan fingerprint density at radius 3 is 2.94 bits per heavy atom. The Balaban J connectivity index is 2.34. The summed E-state index contributed by atoms with van der Waals surface area (Å²) in [6.45, 7) is 2.43. The molecule has 0 saturated heterocycles. The zero-order chi connectivity index (χ0) is 12.3. The van der Waals surface area contributed by atoms with Crippen molar-refractivity contribution in [1.29, 1.82) is 0 Å². The molecule has 5 heteroatoms. The molecule has 3 nitrogen and oxygen atoms in total. The second kappa shape index (κ2) is 5.49. The summed E-state index contributed by atoms with van der Waals surface area (Å²) in [4.78, 5) is 4.28. The number of aromatic nitrogens is 1. The van der Waals surface area contributed by atoms with Crippen molar-refractivity contribution in [1.82, 2.24) is 4.98 Å². The quantitative estimate of drug-likeness (QED) is 0.925. The van der Waals surface area contributed by atoms with Crippen LogP contribution in [0.1, 0.15) is 12.6 Å². The first-order valence-corrected chi connectivity index (χ1v) is 6.43. The van der Waals surface area contributed by atoms with Crippen LogP contribution in [-0.4, -0.2) is 16.7 Å². The maximum absolute atomic E-state index is 9.05. The standard InChI is InChI=1S/C12H12ClNO2S/c1-2-16-9-5-3-4-8(6-9)12-14-10(7-15)11(13)17-12/h3-6,15H,2,7H2,1H3. The first-order chi connectivity index (χ1) is 8.24. The van der Waals surface area contributed by atoms with E-state index >= 15 is 0 Å². The maximum Gasteiger partial charge on any atom is 0.125 e. The van der Waals surface area contributed by atoms with Crippen LogP contribution in [-0.2, 0) is 6.61 Å². The number of halogens is 1. The van der Waals surface area contributed by atoms with Crippen LogP contribution in [0, 0.1) is 0 Å². The highest BCUT2D eigenvalue weighted by Gasteiger charge is 2.10. The number of thiazole rings is 1. The van der Waals surface area contributed by atoms with Gasteiger partial charge < -0.3 is 9.84 Å². The zero-order valence-electron chi connectivity index (χ0n) is 9.31. The average Bonchev–Trinajstić information content (AvgIpc) is 2.71. The molecule has 0 atom stereocenters. The number of ether oxygens (including phenoxy) is 1. The monoisotopic (exact) mass is 269 g/mol. The third-order valence-corrected chi connectivity index (χ3v) is 3.58. The minimum atomic E-state index is -0.138. The number of nitrogens with zero attached hydrogens (tertiary/aromatic N) is 1. The van der Waals surface area contributed by atoms with Crippen molar-refractivity contribution in [3.05, 3.63) is 34.3 Å². The normalized spacial score (nSPS) is 10.5. The molecule has 1 aromatic carbocycles. The Bertz CT molecular complexity index is 513. The Morgan fingerprint density at radius 1 is 1.47 bits per heavy atom. The van der Waals surface area contributed by atoms with Gasteiger partial charge in [-0.2, -0.15) is 0 Å².